The molecule has 0 spiro atoms. The van der Waals surface area contributed by atoms with Gasteiger partial charge < -0.3 is 0 Å². The first-order chi connectivity index (χ1) is 10.1. The second kappa shape index (κ2) is 5.00. The summed E-state index contributed by atoms with van der Waals surface area (Å²) < 4.78 is 0. The molecule has 0 N–H and O–H groups in total. The van der Waals surface area contributed by atoms with E-state index in [0.29, 0.717) is 5.41 Å². The van der Waals surface area contributed by atoms with Crippen LogP contribution in [0, 0.1) is 40.4 Å². The molecule has 0 aromatic carbocycles. The molecule has 0 amide bonds. The summed E-state index contributed by atoms with van der Waals surface area (Å²) in [6, 6.07) is 0. The second-order valence-corrected chi connectivity index (χ2v) is 9.63. The first-order valence-electron chi connectivity index (χ1n) is 10.1. The van der Waals surface area contributed by atoms with Crippen molar-refractivity contribution in [3.05, 3.63) is 0 Å². The molecule has 0 heteroatoms. The standard InChI is InChI=1S/C21H36/c1-4-15-9-11-18-17-10-8-16-7-5-6-13-20(16,2)19(17)12-14-21(15,18)3/h15-19H,4-14H2,1-3H3/t15-,16-,17+,18+,19+,20+,21-/m1/s1. The van der Waals surface area contributed by atoms with Crippen LogP contribution in [0.4, 0.5) is 0 Å². The summed E-state index contributed by atoms with van der Waals surface area (Å²) in [5, 5.41) is 0. The van der Waals surface area contributed by atoms with E-state index in [2.05, 4.69) is 20.8 Å². The van der Waals surface area contributed by atoms with Crippen molar-refractivity contribution in [2.75, 3.05) is 0 Å². The van der Waals surface area contributed by atoms with Crippen molar-refractivity contribution in [1.29, 1.82) is 0 Å². The Balaban J connectivity index is 1.62. The van der Waals surface area contributed by atoms with Gasteiger partial charge in [0, 0.05) is 0 Å². The summed E-state index contributed by atoms with van der Waals surface area (Å²) in [6.07, 6.45) is 17.0. The van der Waals surface area contributed by atoms with E-state index < -0.39 is 0 Å². The van der Waals surface area contributed by atoms with Gasteiger partial charge in [0.05, 0.1) is 0 Å². The first kappa shape index (κ1) is 14.6. The largest absolute Gasteiger partial charge is 0.0651 e. The maximum atomic E-state index is 2.71. The smallest absolute Gasteiger partial charge is 0.0266 e. The van der Waals surface area contributed by atoms with E-state index in [9.17, 15) is 0 Å². The van der Waals surface area contributed by atoms with Gasteiger partial charge >= 0.3 is 0 Å². The third-order valence-electron chi connectivity index (χ3n) is 9.27. The fourth-order valence-corrected chi connectivity index (χ4v) is 8.07. The third kappa shape index (κ3) is 1.93. The van der Waals surface area contributed by atoms with Gasteiger partial charge in [0.1, 0.15) is 0 Å². The fourth-order valence-electron chi connectivity index (χ4n) is 8.07. The highest BCUT2D eigenvalue weighted by molar-refractivity contribution is 5.08. The Morgan fingerprint density at radius 2 is 1.57 bits per heavy atom. The SMILES string of the molecule is CC[C@@H]1CC[C@H]2[C@@H]3CC[C@H]4CCCC[C@]4(C)[C@H]3CC[C@]12C. The predicted octanol–water partition coefficient (Wildman–Crippen LogP) is 6.45. The number of hydrogen-bond donors (Lipinski definition) is 0. The molecule has 0 aromatic rings. The minimum Gasteiger partial charge on any atom is -0.0651 e. The van der Waals surface area contributed by atoms with Crippen molar-refractivity contribution >= 4 is 0 Å². The molecule has 0 unspecified atom stereocenters. The van der Waals surface area contributed by atoms with Gasteiger partial charge in [-0.05, 0) is 91.8 Å². The van der Waals surface area contributed by atoms with E-state index in [4.69, 9.17) is 0 Å². The minimum absolute atomic E-state index is 0.716. The molecular weight excluding hydrogens is 252 g/mol. The van der Waals surface area contributed by atoms with Gasteiger partial charge in [-0.1, -0.05) is 40.0 Å². The molecule has 4 saturated carbocycles. The Bertz CT molecular complexity index is 399. The predicted molar refractivity (Wildman–Crippen MR) is 90.1 cm³/mol. The van der Waals surface area contributed by atoms with Gasteiger partial charge in [0.2, 0.25) is 0 Å². The Labute approximate surface area is 132 Å². The zero-order chi connectivity index (χ0) is 14.7. The molecule has 0 nitrogen and oxygen atoms in total. The number of rotatable bonds is 1. The Morgan fingerprint density at radius 3 is 2.38 bits per heavy atom. The van der Waals surface area contributed by atoms with Crippen LogP contribution in [0.5, 0.6) is 0 Å². The molecule has 0 saturated heterocycles. The molecular formula is C21H36. The normalized spacial score (nSPS) is 56.4. The van der Waals surface area contributed by atoms with Crippen molar-refractivity contribution in [3.8, 4) is 0 Å². The Hall–Kier alpha value is 0. The zero-order valence-corrected chi connectivity index (χ0v) is 14.7. The highest BCUT2D eigenvalue weighted by Crippen LogP contribution is 2.67. The fraction of sp³-hybridized carbons (Fsp3) is 1.00. The van der Waals surface area contributed by atoms with Crippen LogP contribution in [0.15, 0.2) is 0 Å². The van der Waals surface area contributed by atoms with E-state index in [0.717, 1.165) is 35.0 Å². The molecule has 0 aliphatic heterocycles. The molecule has 4 rings (SSSR count). The lowest BCUT2D eigenvalue weighted by molar-refractivity contribution is -0.110. The van der Waals surface area contributed by atoms with Gasteiger partial charge in [0.15, 0.2) is 0 Å². The summed E-state index contributed by atoms with van der Waals surface area (Å²) in [5.41, 5.74) is 1.45. The lowest BCUT2D eigenvalue weighted by Crippen LogP contribution is -2.52. The lowest BCUT2D eigenvalue weighted by atomic mass is 9.45. The second-order valence-electron chi connectivity index (χ2n) is 9.63. The molecule has 120 valence electrons. The van der Waals surface area contributed by atoms with Crippen molar-refractivity contribution < 1.29 is 0 Å². The highest BCUT2D eigenvalue weighted by atomic mass is 14.6. The van der Waals surface area contributed by atoms with E-state index in [1.165, 1.54) is 19.3 Å². The third-order valence-corrected chi connectivity index (χ3v) is 9.27. The lowest BCUT2D eigenvalue weighted by Gasteiger charge is -2.60. The quantitative estimate of drug-likeness (QED) is 0.520. The van der Waals surface area contributed by atoms with Crippen LogP contribution in [0.3, 0.4) is 0 Å². The summed E-state index contributed by atoms with van der Waals surface area (Å²) in [4.78, 5) is 0. The van der Waals surface area contributed by atoms with Crippen LogP contribution in [0.2, 0.25) is 0 Å². The van der Waals surface area contributed by atoms with E-state index in [1.807, 2.05) is 0 Å². The molecule has 0 heterocycles. The zero-order valence-electron chi connectivity index (χ0n) is 14.7. The molecule has 0 bridgehead atoms. The maximum absolute atomic E-state index is 2.71. The highest BCUT2D eigenvalue weighted by Gasteiger charge is 2.59. The molecule has 0 radical (unpaired) electrons. The van der Waals surface area contributed by atoms with Crippen LogP contribution >= 0.6 is 0 Å². The molecule has 21 heavy (non-hydrogen) atoms. The molecule has 4 fully saturated rings. The molecule has 0 aromatic heterocycles. The first-order valence-corrected chi connectivity index (χ1v) is 10.1. The van der Waals surface area contributed by atoms with Crippen molar-refractivity contribution in [3.63, 3.8) is 0 Å². The number of fused-ring (bicyclic) bond motifs is 5. The van der Waals surface area contributed by atoms with Crippen LogP contribution in [0.1, 0.15) is 91.4 Å². The summed E-state index contributed by atoms with van der Waals surface area (Å²) >= 11 is 0. The average Bonchev–Trinajstić information content (AvgIpc) is 2.83. The van der Waals surface area contributed by atoms with Crippen LogP contribution in [-0.2, 0) is 0 Å². The van der Waals surface area contributed by atoms with Crippen LogP contribution in [-0.4, -0.2) is 0 Å². The molecule has 4 aliphatic carbocycles. The van der Waals surface area contributed by atoms with Crippen molar-refractivity contribution in [1.82, 2.24) is 0 Å². The van der Waals surface area contributed by atoms with Crippen molar-refractivity contribution in [2.24, 2.45) is 40.4 Å². The summed E-state index contributed by atoms with van der Waals surface area (Å²) in [6.45, 7) is 7.84. The van der Waals surface area contributed by atoms with Gasteiger partial charge in [-0.2, -0.15) is 0 Å². The monoisotopic (exact) mass is 288 g/mol. The van der Waals surface area contributed by atoms with Gasteiger partial charge in [0.25, 0.3) is 0 Å². The summed E-state index contributed by atoms with van der Waals surface area (Å²) in [5.74, 6) is 5.39. The summed E-state index contributed by atoms with van der Waals surface area (Å²) in [7, 11) is 0. The molecule has 4 aliphatic rings. The van der Waals surface area contributed by atoms with E-state index in [1.54, 1.807) is 51.4 Å². The van der Waals surface area contributed by atoms with Crippen LogP contribution < -0.4 is 0 Å². The van der Waals surface area contributed by atoms with Crippen molar-refractivity contribution in [2.45, 2.75) is 91.4 Å². The van der Waals surface area contributed by atoms with Gasteiger partial charge in [-0.15, -0.1) is 0 Å². The Morgan fingerprint density at radius 1 is 0.762 bits per heavy atom. The number of hydrogen-bond acceptors (Lipinski definition) is 0. The topological polar surface area (TPSA) is 0 Å². The molecule has 7 atom stereocenters. The maximum Gasteiger partial charge on any atom is -0.0266 e. The van der Waals surface area contributed by atoms with E-state index in [-0.39, 0.29) is 0 Å². The van der Waals surface area contributed by atoms with Gasteiger partial charge in [-0.25, -0.2) is 0 Å². The van der Waals surface area contributed by atoms with Crippen LogP contribution in [0.25, 0.3) is 0 Å². The minimum atomic E-state index is 0.716. The van der Waals surface area contributed by atoms with Gasteiger partial charge in [-0.3, -0.25) is 0 Å². The van der Waals surface area contributed by atoms with E-state index >= 15 is 0 Å². The average molecular weight is 289 g/mol. The Kier molecular flexibility index (Phi) is 3.47.